The van der Waals surface area contributed by atoms with Crippen LogP contribution in [0.4, 0.5) is 11.4 Å². The summed E-state index contributed by atoms with van der Waals surface area (Å²) in [7, 11) is 1.87. The fraction of sp³-hybridized carbons (Fsp3) is 0.250. The topological polar surface area (TPSA) is 46.5 Å². The van der Waals surface area contributed by atoms with Crippen molar-refractivity contribution in [3.05, 3.63) is 59.2 Å². The summed E-state index contributed by atoms with van der Waals surface area (Å²) in [6.07, 6.45) is 0. The van der Waals surface area contributed by atoms with E-state index < -0.39 is 0 Å². The van der Waals surface area contributed by atoms with Gasteiger partial charge < -0.3 is 19.5 Å². The second kappa shape index (κ2) is 7.02. The van der Waals surface area contributed by atoms with Crippen molar-refractivity contribution in [1.29, 1.82) is 0 Å². The number of hydrogen-bond donors (Lipinski definition) is 1. The molecule has 134 valence electrons. The molecule has 1 aromatic heterocycles. The Balaban J connectivity index is 1.52. The van der Waals surface area contributed by atoms with Gasteiger partial charge in [-0.2, -0.15) is 0 Å². The van der Waals surface area contributed by atoms with Crippen LogP contribution >= 0.6 is 11.6 Å². The van der Waals surface area contributed by atoms with Crippen LogP contribution < -0.4 is 10.2 Å². The zero-order valence-electron chi connectivity index (χ0n) is 14.5. The number of morpholine rings is 1. The van der Waals surface area contributed by atoms with Gasteiger partial charge in [-0.25, -0.2) is 0 Å². The van der Waals surface area contributed by atoms with Crippen LogP contribution in [0, 0.1) is 0 Å². The Bertz CT molecular complexity index is 944. The smallest absolute Gasteiger partial charge is 0.272 e. The highest BCUT2D eigenvalue weighted by Crippen LogP contribution is 2.24. The third-order valence-electron chi connectivity index (χ3n) is 4.74. The number of carbonyl (C=O) groups excluding carboxylic acids is 1. The third-order valence-corrected chi connectivity index (χ3v) is 4.98. The summed E-state index contributed by atoms with van der Waals surface area (Å²) in [6, 6.07) is 15.4. The summed E-state index contributed by atoms with van der Waals surface area (Å²) in [5, 5.41) is 4.62. The van der Waals surface area contributed by atoms with Crippen LogP contribution in [0.15, 0.2) is 48.5 Å². The highest BCUT2D eigenvalue weighted by Gasteiger charge is 2.15. The van der Waals surface area contributed by atoms with E-state index in [1.165, 1.54) is 0 Å². The van der Waals surface area contributed by atoms with E-state index in [0.717, 1.165) is 48.6 Å². The number of rotatable bonds is 3. The quantitative estimate of drug-likeness (QED) is 0.761. The Morgan fingerprint density at radius 1 is 1.08 bits per heavy atom. The number of benzene rings is 2. The number of aryl methyl sites for hydroxylation is 1. The highest BCUT2D eigenvalue weighted by molar-refractivity contribution is 6.31. The Labute approximate surface area is 157 Å². The number of nitrogens with zero attached hydrogens (tertiary/aromatic N) is 2. The van der Waals surface area contributed by atoms with E-state index in [2.05, 4.69) is 10.2 Å². The van der Waals surface area contributed by atoms with Crippen LogP contribution in [0.5, 0.6) is 0 Å². The number of nitrogens with one attached hydrogen (secondary N) is 1. The first kappa shape index (κ1) is 16.9. The Hall–Kier alpha value is -2.50. The van der Waals surface area contributed by atoms with E-state index in [1.807, 2.05) is 60.1 Å². The van der Waals surface area contributed by atoms with Crippen molar-refractivity contribution >= 4 is 39.8 Å². The number of carbonyl (C=O) groups is 1. The molecule has 0 spiro atoms. The van der Waals surface area contributed by atoms with Gasteiger partial charge in [0.1, 0.15) is 5.69 Å². The van der Waals surface area contributed by atoms with Gasteiger partial charge in [0.2, 0.25) is 0 Å². The van der Waals surface area contributed by atoms with Crippen molar-refractivity contribution in [3.63, 3.8) is 0 Å². The lowest BCUT2D eigenvalue weighted by Crippen LogP contribution is -2.36. The number of ether oxygens (including phenoxy) is 1. The van der Waals surface area contributed by atoms with E-state index in [0.29, 0.717) is 10.7 Å². The molecule has 0 unspecified atom stereocenters. The molecule has 1 aliphatic rings. The molecular weight excluding hydrogens is 350 g/mol. The fourth-order valence-corrected chi connectivity index (χ4v) is 3.46. The molecule has 1 saturated heterocycles. The number of halogens is 1. The molecule has 0 radical (unpaired) electrons. The Morgan fingerprint density at radius 3 is 2.54 bits per heavy atom. The zero-order valence-corrected chi connectivity index (χ0v) is 15.3. The van der Waals surface area contributed by atoms with Crippen LogP contribution in [-0.2, 0) is 11.8 Å². The summed E-state index contributed by atoms with van der Waals surface area (Å²) >= 11 is 6.06. The predicted molar refractivity (Wildman–Crippen MR) is 105 cm³/mol. The monoisotopic (exact) mass is 369 g/mol. The van der Waals surface area contributed by atoms with Gasteiger partial charge in [0.05, 0.1) is 13.2 Å². The Morgan fingerprint density at radius 2 is 1.81 bits per heavy atom. The lowest BCUT2D eigenvalue weighted by atomic mass is 10.2. The van der Waals surface area contributed by atoms with E-state index >= 15 is 0 Å². The first-order valence-electron chi connectivity index (χ1n) is 8.61. The van der Waals surface area contributed by atoms with Crippen molar-refractivity contribution in [2.24, 2.45) is 7.05 Å². The summed E-state index contributed by atoms with van der Waals surface area (Å²) in [5.74, 6) is -0.140. The zero-order chi connectivity index (χ0) is 18.1. The van der Waals surface area contributed by atoms with Crippen molar-refractivity contribution in [2.75, 3.05) is 36.5 Å². The van der Waals surface area contributed by atoms with Gasteiger partial charge in [-0.1, -0.05) is 17.7 Å². The number of hydrogen-bond acceptors (Lipinski definition) is 3. The summed E-state index contributed by atoms with van der Waals surface area (Å²) in [6.45, 7) is 3.29. The molecule has 1 N–H and O–H groups in total. The summed E-state index contributed by atoms with van der Waals surface area (Å²) in [5.41, 5.74) is 3.45. The van der Waals surface area contributed by atoms with Crippen LogP contribution in [0.25, 0.3) is 10.9 Å². The molecule has 26 heavy (non-hydrogen) atoms. The summed E-state index contributed by atoms with van der Waals surface area (Å²) in [4.78, 5) is 15.0. The molecule has 6 heteroatoms. The van der Waals surface area contributed by atoms with Crippen LogP contribution in [-0.4, -0.2) is 36.8 Å². The highest BCUT2D eigenvalue weighted by atomic mass is 35.5. The average molecular weight is 370 g/mol. The van der Waals surface area contributed by atoms with Gasteiger partial charge in [0.25, 0.3) is 5.91 Å². The van der Waals surface area contributed by atoms with Crippen LogP contribution in [0.2, 0.25) is 5.02 Å². The maximum absolute atomic E-state index is 12.7. The first-order valence-corrected chi connectivity index (χ1v) is 8.99. The van der Waals surface area contributed by atoms with E-state index in [-0.39, 0.29) is 5.91 Å². The molecule has 0 atom stereocenters. The SMILES string of the molecule is Cn1c(C(=O)Nc2ccc(N3CCOCC3)cc2)cc2ccc(Cl)cc21. The number of anilines is 2. The molecule has 1 amide bonds. The van der Waals surface area contributed by atoms with Gasteiger partial charge in [0, 0.05) is 47.4 Å². The van der Waals surface area contributed by atoms with Crippen LogP contribution in [0.1, 0.15) is 10.5 Å². The molecule has 5 nitrogen and oxygen atoms in total. The number of aromatic nitrogens is 1. The molecule has 2 heterocycles. The number of fused-ring (bicyclic) bond motifs is 1. The van der Waals surface area contributed by atoms with E-state index in [4.69, 9.17) is 16.3 Å². The molecule has 0 saturated carbocycles. The van der Waals surface area contributed by atoms with Crippen molar-refractivity contribution < 1.29 is 9.53 Å². The van der Waals surface area contributed by atoms with E-state index in [1.54, 1.807) is 0 Å². The lowest BCUT2D eigenvalue weighted by molar-refractivity contribution is 0.101. The van der Waals surface area contributed by atoms with Crippen LogP contribution in [0.3, 0.4) is 0 Å². The normalized spacial score (nSPS) is 14.6. The molecular formula is C20H20ClN3O2. The minimum atomic E-state index is -0.140. The van der Waals surface area contributed by atoms with Crippen molar-refractivity contribution in [3.8, 4) is 0 Å². The van der Waals surface area contributed by atoms with Gasteiger partial charge in [-0.15, -0.1) is 0 Å². The predicted octanol–water partition coefficient (Wildman–Crippen LogP) is 3.92. The minimum Gasteiger partial charge on any atom is -0.378 e. The van der Waals surface area contributed by atoms with Gasteiger partial charge in [-0.05, 0) is 42.5 Å². The Kier molecular flexibility index (Phi) is 4.57. The second-order valence-electron chi connectivity index (χ2n) is 6.39. The summed E-state index contributed by atoms with van der Waals surface area (Å²) < 4.78 is 7.24. The maximum atomic E-state index is 12.7. The van der Waals surface area contributed by atoms with Gasteiger partial charge in [0.15, 0.2) is 0 Å². The fourth-order valence-electron chi connectivity index (χ4n) is 3.29. The van der Waals surface area contributed by atoms with Gasteiger partial charge >= 0.3 is 0 Å². The number of amides is 1. The molecule has 3 aromatic rings. The lowest BCUT2D eigenvalue weighted by Gasteiger charge is -2.28. The largest absolute Gasteiger partial charge is 0.378 e. The van der Waals surface area contributed by atoms with Crippen molar-refractivity contribution in [1.82, 2.24) is 4.57 Å². The average Bonchev–Trinajstić information content (AvgIpc) is 2.99. The molecule has 0 bridgehead atoms. The molecule has 2 aromatic carbocycles. The first-order chi connectivity index (χ1) is 12.6. The van der Waals surface area contributed by atoms with Crippen molar-refractivity contribution in [2.45, 2.75) is 0 Å². The molecule has 0 aliphatic carbocycles. The maximum Gasteiger partial charge on any atom is 0.272 e. The molecule has 1 fully saturated rings. The minimum absolute atomic E-state index is 0.140. The van der Waals surface area contributed by atoms with Gasteiger partial charge in [-0.3, -0.25) is 4.79 Å². The van der Waals surface area contributed by atoms with E-state index in [9.17, 15) is 4.79 Å². The molecule has 1 aliphatic heterocycles. The standard InChI is InChI=1S/C20H20ClN3O2/c1-23-18-13-15(21)3-2-14(18)12-19(23)20(25)22-16-4-6-17(7-5-16)24-8-10-26-11-9-24/h2-7,12-13H,8-11H2,1H3,(H,22,25). The third kappa shape index (κ3) is 3.28. The molecule has 4 rings (SSSR count). The second-order valence-corrected chi connectivity index (χ2v) is 6.83.